The number of benzene rings is 1. The molecular formula is C17H17BrClN3O5S. The van der Waals surface area contributed by atoms with E-state index in [2.05, 4.69) is 20.9 Å². The van der Waals surface area contributed by atoms with Crippen LogP contribution in [0.1, 0.15) is 11.1 Å². The van der Waals surface area contributed by atoms with Crippen molar-refractivity contribution >= 4 is 48.7 Å². The van der Waals surface area contributed by atoms with Crippen LogP contribution in [0.5, 0.6) is 5.75 Å². The van der Waals surface area contributed by atoms with E-state index < -0.39 is 14.8 Å². The van der Waals surface area contributed by atoms with Crippen LogP contribution in [0.3, 0.4) is 0 Å². The van der Waals surface area contributed by atoms with E-state index >= 15 is 0 Å². The Morgan fingerprint density at radius 1 is 1.36 bits per heavy atom. The molecule has 1 saturated heterocycles. The van der Waals surface area contributed by atoms with E-state index in [-0.39, 0.29) is 34.7 Å². The van der Waals surface area contributed by atoms with E-state index in [9.17, 15) is 18.5 Å². The second-order valence-electron chi connectivity index (χ2n) is 6.36. The highest BCUT2D eigenvalue weighted by molar-refractivity contribution is 9.10. The molecule has 0 N–H and O–H groups in total. The summed E-state index contributed by atoms with van der Waals surface area (Å²) in [6.07, 6.45) is 1.54. The summed E-state index contributed by atoms with van der Waals surface area (Å²) in [5, 5.41) is 11.6. The van der Waals surface area contributed by atoms with Gasteiger partial charge in [0, 0.05) is 35.5 Å². The number of halogens is 2. The van der Waals surface area contributed by atoms with Crippen LogP contribution < -0.4 is 9.64 Å². The van der Waals surface area contributed by atoms with Crippen molar-refractivity contribution in [2.75, 3.05) is 29.5 Å². The quantitative estimate of drug-likeness (QED) is 0.359. The fourth-order valence-electron chi connectivity index (χ4n) is 3.02. The van der Waals surface area contributed by atoms with Gasteiger partial charge in [-0.25, -0.2) is 13.4 Å². The first-order valence-electron chi connectivity index (χ1n) is 8.34. The first-order valence-corrected chi connectivity index (χ1v) is 11.3. The Labute approximate surface area is 175 Å². The number of nitro benzene ring substituents is 1. The molecule has 0 spiro atoms. The Balaban J connectivity index is 1.89. The van der Waals surface area contributed by atoms with Gasteiger partial charge in [0.25, 0.3) is 0 Å². The van der Waals surface area contributed by atoms with E-state index in [1.807, 2.05) is 4.90 Å². The summed E-state index contributed by atoms with van der Waals surface area (Å²) < 4.78 is 29.8. The van der Waals surface area contributed by atoms with Gasteiger partial charge in [-0.15, -0.1) is 0 Å². The van der Waals surface area contributed by atoms with Crippen molar-refractivity contribution < 1.29 is 18.1 Å². The molecule has 11 heteroatoms. The van der Waals surface area contributed by atoms with E-state index in [0.29, 0.717) is 34.4 Å². The summed E-state index contributed by atoms with van der Waals surface area (Å²) in [5.41, 5.74) is 1.72. The summed E-state index contributed by atoms with van der Waals surface area (Å²) >= 11 is 9.51. The highest BCUT2D eigenvalue weighted by Gasteiger charge is 2.25. The van der Waals surface area contributed by atoms with Crippen molar-refractivity contribution in [3.63, 3.8) is 0 Å². The van der Waals surface area contributed by atoms with Crippen molar-refractivity contribution in [2.45, 2.75) is 13.5 Å². The molecule has 2 aromatic rings. The lowest BCUT2D eigenvalue weighted by Gasteiger charge is -2.30. The number of ether oxygens (including phenoxy) is 1. The number of aryl methyl sites for hydroxylation is 1. The summed E-state index contributed by atoms with van der Waals surface area (Å²) in [6.45, 7) is 2.36. The predicted octanol–water partition coefficient (Wildman–Crippen LogP) is 3.53. The number of hydrogen-bond donors (Lipinski definition) is 0. The van der Waals surface area contributed by atoms with Crippen LogP contribution >= 0.6 is 27.5 Å². The summed E-state index contributed by atoms with van der Waals surface area (Å²) in [6, 6.07) is 4.85. The average Bonchev–Trinajstić information content (AvgIpc) is 2.61. The lowest BCUT2D eigenvalue weighted by atomic mass is 10.2. The van der Waals surface area contributed by atoms with Crippen LogP contribution in [0.15, 0.2) is 28.9 Å². The van der Waals surface area contributed by atoms with E-state index in [4.69, 9.17) is 16.3 Å². The summed E-state index contributed by atoms with van der Waals surface area (Å²) in [5.74, 6) is 0.273. The van der Waals surface area contributed by atoms with Crippen LogP contribution in [0.4, 0.5) is 11.4 Å². The van der Waals surface area contributed by atoms with Gasteiger partial charge in [0.05, 0.1) is 22.0 Å². The van der Waals surface area contributed by atoms with Crippen LogP contribution in [0, 0.1) is 17.0 Å². The number of anilines is 1. The number of rotatable bonds is 5. The monoisotopic (exact) mass is 489 g/mol. The third kappa shape index (κ3) is 4.56. The zero-order chi connectivity index (χ0) is 20.5. The number of pyridine rings is 1. The molecule has 1 aromatic heterocycles. The SMILES string of the molecule is Cc1cc(Br)cc([N+](=O)[O-])c1OCc1c(N2CCS(=O)(=O)CC2)ccnc1Cl. The number of hydrogen-bond acceptors (Lipinski definition) is 7. The standard InChI is InChI=1S/C17H17BrClN3O5S/c1-11-8-12(18)9-15(22(23)24)16(11)27-10-13-14(2-3-20-17(13)19)21-4-6-28(25,26)7-5-21/h2-3,8-9H,4-7,10H2,1H3. The van der Waals surface area contributed by atoms with Gasteiger partial charge >= 0.3 is 5.69 Å². The maximum absolute atomic E-state index is 11.7. The van der Waals surface area contributed by atoms with Crippen molar-refractivity contribution in [3.05, 3.63) is 55.3 Å². The fraction of sp³-hybridized carbons (Fsp3) is 0.353. The van der Waals surface area contributed by atoms with Gasteiger partial charge in [-0.1, -0.05) is 27.5 Å². The Hall–Kier alpha value is -1.91. The van der Waals surface area contributed by atoms with Gasteiger partial charge in [-0.2, -0.15) is 0 Å². The Kier molecular flexibility index (Phi) is 6.11. The highest BCUT2D eigenvalue weighted by atomic mass is 79.9. The Morgan fingerprint density at radius 3 is 2.68 bits per heavy atom. The molecule has 1 fully saturated rings. The number of nitrogens with zero attached hydrogens (tertiary/aromatic N) is 3. The van der Waals surface area contributed by atoms with Crippen LogP contribution in [0.2, 0.25) is 5.15 Å². The summed E-state index contributed by atoms with van der Waals surface area (Å²) in [7, 11) is -3.03. The number of nitro groups is 1. The number of aromatic nitrogens is 1. The van der Waals surface area contributed by atoms with Crippen LogP contribution in [-0.2, 0) is 16.4 Å². The average molecular weight is 491 g/mol. The molecule has 0 unspecified atom stereocenters. The molecule has 28 heavy (non-hydrogen) atoms. The van der Waals surface area contributed by atoms with Gasteiger partial charge in [-0.3, -0.25) is 10.1 Å². The van der Waals surface area contributed by atoms with Gasteiger partial charge in [0.15, 0.2) is 15.6 Å². The zero-order valence-electron chi connectivity index (χ0n) is 14.9. The topological polar surface area (TPSA) is 103 Å². The minimum atomic E-state index is -3.03. The minimum Gasteiger partial charge on any atom is -0.482 e. The van der Waals surface area contributed by atoms with Crippen LogP contribution in [0.25, 0.3) is 0 Å². The molecule has 1 aromatic carbocycles. The van der Waals surface area contributed by atoms with Gasteiger partial charge in [0.2, 0.25) is 0 Å². The highest BCUT2D eigenvalue weighted by Crippen LogP contribution is 2.36. The molecule has 8 nitrogen and oxygen atoms in total. The third-order valence-corrected chi connectivity index (χ3v) is 6.83. The Morgan fingerprint density at radius 2 is 2.04 bits per heavy atom. The maximum Gasteiger partial charge on any atom is 0.312 e. The molecule has 3 rings (SSSR count). The second-order valence-corrected chi connectivity index (χ2v) is 9.93. The summed E-state index contributed by atoms with van der Waals surface area (Å²) in [4.78, 5) is 16.9. The molecule has 0 atom stereocenters. The lowest BCUT2D eigenvalue weighted by Crippen LogP contribution is -2.40. The molecule has 150 valence electrons. The van der Waals surface area contributed by atoms with E-state index in [1.165, 1.54) is 12.3 Å². The Bertz CT molecular complexity index is 1020. The minimum absolute atomic E-state index is 0.0332. The van der Waals surface area contributed by atoms with Gasteiger partial charge in [0.1, 0.15) is 11.8 Å². The first-order chi connectivity index (χ1) is 13.2. The largest absolute Gasteiger partial charge is 0.482 e. The molecule has 0 amide bonds. The van der Waals surface area contributed by atoms with Crippen molar-refractivity contribution in [1.82, 2.24) is 4.98 Å². The van der Waals surface area contributed by atoms with Gasteiger partial charge in [-0.05, 0) is 24.6 Å². The lowest BCUT2D eigenvalue weighted by molar-refractivity contribution is -0.386. The van der Waals surface area contributed by atoms with E-state index in [1.54, 1.807) is 19.1 Å². The van der Waals surface area contributed by atoms with E-state index in [0.717, 1.165) is 0 Å². The first kappa shape index (κ1) is 20.8. The molecule has 1 aliphatic heterocycles. The van der Waals surface area contributed by atoms with Crippen molar-refractivity contribution in [3.8, 4) is 5.75 Å². The molecule has 1 aliphatic rings. The molecule has 0 radical (unpaired) electrons. The zero-order valence-corrected chi connectivity index (χ0v) is 18.1. The third-order valence-electron chi connectivity index (χ3n) is 4.44. The molecule has 0 saturated carbocycles. The normalized spacial score (nSPS) is 16.0. The predicted molar refractivity (Wildman–Crippen MR) is 110 cm³/mol. The van der Waals surface area contributed by atoms with Crippen molar-refractivity contribution in [2.24, 2.45) is 0 Å². The fourth-order valence-corrected chi connectivity index (χ4v) is 4.99. The molecular weight excluding hydrogens is 474 g/mol. The maximum atomic E-state index is 11.7. The molecule has 0 aliphatic carbocycles. The molecule has 0 bridgehead atoms. The number of sulfone groups is 1. The van der Waals surface area contributed by atoms with Crippen molar-refractivity contribution in [1.29, 1.82) is 0 Å². The molecule has 2 heterocycles. The van der Waals surface area contributed by atoms with Crippen LogP contribution in [-0.4, -0.2) is 42.9 Å². The second kappa shape index (κ2) is 8.22. The van der Waals surface area contributed by atoms with Gasteiger partial charge < -0.3 is 9.64 Å². The smallest absolute Gasteiger partial charge is 0.312 e.